The summed E-state index contributed by atoms with van der Waals surface area (Å²) in [6.45, 7) is 1.91. The summed E-state index contributed by atoms with van der Waals surface area (Å²) in [6, 6.07) is 9.03. The Kier molecular flexibility index (Phi) is 4.70. The Morgan fingerprint density at radius 3 is 2.38 bits per heavy atom. The first-order chi connectivity index (χ1) is 7.65. The molecule has 1 rings (SSSR count). The molecule has 86 valence electrons. The number of carboxylic acid groups (broad SMARTS) is 1. The van der Waals surface area contributed by atoms with Crippen molar-refractivity contribution in [3.63, 3.8) is 0 Å². The van der Waals surface area contributed by atoms with Gasteiger partial charge in [0.25, 0.3) is 0 Å². The van der Waals surface area contributed by atoms with Crippen LogP contribution in [0.15, 0.2) is 30.3 Å². The zero-order valence-electron chi connectivity index (χ0n) is 9.35. The molecule has 1 aromatic rings. The molecular formula is C13H16O3. The molecule has 16 heavy (non-hydrogen) atoms. The van der Waals surface area contributed by atoms with Crippen LogP contribution in [0.25, 0.3) is 0 Å². The maximum atomic E-state index is 12.0. The van der Waals surface area contributed by atoms with E-state index in [0.717, 1.165) is 0 Å². The maximum Gasteiger partial charge on any atom is 0.303 e. The van der Waals surface area contributed by atoms with E-state index in [-0.39, 0.29) is 18.1 Å². The monoisotopic (exact) mass is 220 g/mol. The highest BCUT2D eigenvalue weighted by Gasteiger charge is 2.18. The van der Waals surface area contributed by atoms with Gasteiger partial charge in [0.2, 0.25) is 0 Å². The number of carbonyl (C=O) groups excluding carboxylic acids is 1. The van der Waals surface area contributed by atoms with Crippen LogP contribution >= 0.6 is 0 Å². The number of benzene rings is 1. The molecule has 1 N–H and O–H groups in total. The highest BCUT2D eigenvalue weighted by Crippen LogP contribution is 2.17. The van der Waals surface area contributed by atoms with Gasteiger partial charge in [0, 0.05) is 17.9 Å². The van der Waals surface area contributed by atoms with Crippen LogP contribution in [-0.2, 0) is 4.79 Å². The number of Topliss-reactive ketones (excluding diaryl/α,β-unsaturated/α-hetero) is 1. The van der Waals surface area contributed by atoms with E-state index in [1.54, 1.807) is 12.1 Å². The van der Waals surface area contributed by atoms with E-state index in [1.165, 1.54) is 0 Å². The summed E-state index contributed by atoms with van der Waals surface area (Å²) in [5.74, 6) is -0.984. The van der Waals surface area contributed by atoms with Gasteiger partial charge in [-0.1, -0.05) is 37.3 Å². The highest BCUT2D eigenvalue weighted by atomic mass is 16.4. The normalized spacial score (nSPS) is 12.1. The molecule has 0 aliphatic rings. The molecule has 0 bridgehead atoms. The van der Waals surface area contributed by atoms with Crippen LogP contribution in [0.3, 0.4) is 0 Å². The van der Waals surface area contributed by atoms with Gasteiger partial charge < -0.3 is 5.11 Å². The number of hydrogen-bond acceptors (Lipinski definition) is 2. The molecule has 0 amide bonds. The van der Waals surface area contributed by atoms with Crippen LogP contribution in [0, 0.1) is 5.92 Å². The largest absolute Gasteiger partial charge is 0.481 e. The molecular weight excluding hydrogens is 204 g/mol. The molecule has 0 saturated heterocycles. The molecule has 3 nitrogen and oxygen atoms in total. The number of hydrogen-bond donors (Lipinski definition) is 1. The second-order valence-electron chi connectivity index (χ2n) is 3.77. The molecule has 1 atom stereocenters. The Morgan fingerprint density at radius 1 is 1.25 bits per heavy atom. The molecule has 0 heterocycles. The fourth-order valence-corrected chi connectivity index (χ4v) is 1.66. The zero-order valence-corrected chi connectivity index (χ0v) is 9.35. The number of ketones is 1. The number of aliphatic carboxylic acids is 1. The SMILES string of the molecule is CCC(CCC(=O)O)C(=O)c1ccccc1. The lowest BCUT2D eigenvalue weighted by atomic mass is 9.91. The summed E-state index contributed by atoms with van der Waals surface area (Å²) in [4.78, 5) is 22.5. The van der Waals surface area contributed by atoms with E-state index in [2.05, 4.69) is 0 Å². The maximum absolute atomic E-state index is 12.0. The average Bonchev–Trinajstić information content (AvgIpc) is 2.30. The molecule has 0 fully saturated rings. The smallest absolute Gasteiger partial charge is 0.303 e. The van der Waals surface area contributed by atoms with Crippen molar-refractivity contribution in [1.29, 1.82) is 0 Å². The van der Waals surface area contributed by atoms with E-state index in [1.807, 2.05) is 25.1 Å². The minimum Gasteiger partial charge on any atom is -0.481 e. The third-order valence-corrected chi connectivity index (χ3v) is 2.63. The Balaban J connectivity index is 2.66. The van der Waals surface area contributed by atoms with Gasteiger partial charge >= 0.3 is 5.97 Å². The minimum atomic E-state index is -0.848. The summed E-state index contributed by atoms with van der Waals surface area (Å²) in [6.07, 6.45) is 1.15. The lowest BCUT2D eigenvalue weighted by molar-refractivity contribution is -0.137. The van der Waals surface area contributed by atoms with Gasteiger partial charge in [-0.25, -0.2) is 0 Å². The predicted octanol–water partition coefficient (Wildman–Crippen LogP) is 2.76. The van der Waals surface area contributed by atoms with Crippen LogP contribution in [0.1, 0.15) is 36.5 Å². The predicted molar refractivity (Wildman–Crippen MR) is 61.4 cm³/mol. The molecule has 0 saturated carbocycles. The fraction of sp³-hybridized carbons (Fsp3) is 0.385. The van der Waals surface area contributed by atoms with Crippen molar-refractivity contribution in [3.8, 4) is 0 Å². The van der Waals surface area contributed by atoms with E-state index in [0.29, 0.717) is 18.4 Å². The lowest BCUT2D eigenvalue weighted by Crippen LogP contribution is -2.15. The fourth-order valence-electron chi connectivity index (χ4n) is 1.66. The minimum absolute atomic E-state index is 0.0457. The summed E-state index contributed by atoms with van der Waals surface area (Å²) < 4.78 is 0. The summed E-state index contributed by atoms with van der Waals surface area (Å²) in [5.41, 5.74) is 0.666. The van der Waals surface area contributed by atoms with Crippen molar-refractivity contribution in [2.24, 2.45) is 5.92 Å². The van der Waals surface area contributed by atoms with Crippen LogP contribution in [0.2, 0.25) is 0 Å². The van der Waals surface area contributed by atoms with Crippen LogP contribution in [0.4, 0.5) is 0 Å². The first-order valence-electron chi connectivity index (χ1n) is 5.46. The molecule has 0 spiro atoms. The van der Waals surface area contributed by atoms with Gasteiger partial charge in [0.05, 0.1) is 0 Å². The van der Waals surface area contributed by atoms with Crippen molar-refractivity contribution < 1.29 is 14.7 Å². The Labute approximate surface area is 95.1 Å². The summed E-state index contributed by atoms with van der Waals surface area (Å²) in [5, 5.41) is 8.60. The van der Waals surface area contributed by atoms with Crippen molar-refractivity contribution in [3.05, 3.63) is 35.9 Å². The Hall–Kier alpha value is -1.64. The second-order valence-corrected chi connectivity index (χ2v) is 3.77. The van der Waals surface area contributed by atoms with Crippen LogP contribution < -0.4 is 0 Å². The molecule has 0 aliphatic heterocycles. The summed E-state index contributed by atoms with van der Waals surface area (Å²) >= 11 is 0. The van der Waals surface area contributed by atoms with E-state index in [4.69, 9.17) is 5.11 Å². The van der Waals surface area contributed by atoms with Gasteiger partial charge in [-0.3, -0.25) is 9.59 Å². The first kappa shape index (κ1) is 12.4. The number of carbonyl (C=O) groups is 2. The van der Waals surface area contributed by atoms with Crippen molar-refractivity contribution in [1.82, 2.24) is 0 Å². The Bertz CT molecular complexity index is 357. The second kappa shape index (κ2) is 6.05. The summed E-state index contributed by atoms with van der Waals surface area (Å²) in [7, 11) is 0. The molecule has 3 heteroatoms. The molecule has 1 aromatic carbocycles. The zero-order chi connectivity index (χ0) is 12.0. The van der Waals surface area contributed by atoms with Crippen molar-refractivity contribution >= 4 is 11.8 Å². The van der Waals surface area contributed by atoms with Gasteiger partial charge in [0.15, 0.2) is 5.78 Å². The van der Waals surface area contributed by atoms with Crippen LogP contribution in [-0.4, -0.2) is 16.9 Å². The van der Waals surface area contributed by atoms with Crippen molar-refractivity contribution in [2.45, 2.75) is 26.2 Å². The van der Waals surface area contributed by atoms with E-state index in [9.17, 15) is 9.59 Å². The standard InChI is InChI=1S/C13H16O3/c1-2-10(8-9-12(14)15)13(16)11-6-4-3-5-7-11/h3-7,10H,2,8-9H2,1H3,(H,14,15). The molecule has 0 aromatic heterocycles. The number of rotatable bonds is 6. The first-order valence-corrected chi connectivity index (χ1v) is 5.46. The third kappa shape index (κ3) is 3.50. The van der Waals surface area contributed by atoms with Gasteiger partial charge in [-0.05, 0) is 12.8 Å². The van der Waals surface area contributed by atoms with E-state index >= 15 is 0 Å². The molecule has 1 unspecified atom stereocenters. The van der Waals surface area contributed by atoms with Gasteiger partial charge in [0.1, 0.15) is 0 Å². The lowest BCUT2D eigenvalue weighted by Gasteiger charge is -2.12. The third-order valence-electron chi connectivity index (χ3n) is 2.63. The van der Waals surface area contributed by atoms with Gasteiger partial charge in [-0.15, -0.1) is 0 Å². The Morgan fingerprint density at radius 2 is 1.88 bits per heavy atom. The van der Waals surface area contributed by atoms with Crippen molar-refractivity contribution in [2.75, 3.05) is 0 Å². The average molecular weight is 220 g/mol. The molecule has 0 radical (unpaired) electrons. The molecule has 0 aliphatic carbocycles. The quantitative estimate of drug-likeness (QED) is 0.750. The van der Waals surface area contributed by atoms with Gasteiger partial charge in [-0.2, -0.15) is 0 Å². The van der Waals surface area contributed by atoms with E-state index < -0.39 is 5.97 Å². The topological polar surface area (TPSA) is 54.4 Å². The number of carboxylic acids is 1. The van der Waals surface area contributed by atoms with Crippen LogP contribution in [0.5, 0.6) is 0 Å². The highest BCUT2D eigenvalue weighted by molar-refractivity contribution is 5.97.